The molecule has 1 saturated heterocycles. The highest BCUT2D eigenvalue weighted by atomic mass is 16.5. The van der Waals surface area contributed by atoms with Crippen molar-refractivity contribution in [3.63, 3.8) is 0 Å². The van der Waals surface area contributed by atoms with Crippen molar-refractivity contribution in [3.05, 3.63) is 36.2 Å². The number of esters is 1. The number of benzene rings is 1. The van der Waals surface area contributed by atoms with Crippen LogP contribution >= 0.6 is 0 Å². The predicted octanol–water partition coefficient (Wildman–Crippen LogP) is 1.29. The van der Waals surface area contributed by atoms with Gasteiger partial charge in [0.25, 0.3) is 5.91 Å². The monoisotopic (exact) mass is 440 g/mol. The Balaban J connectivity index is 1.46. The molecular weight excluding hydrogens is 416 g/mol. The van der Waals surface area contributed by atoms with Crippen LogP contribution in [0.4, 0.5) is 22.0 Å². The first-order valence-electron chi connectivity index (χ1n) is 10.4. The molecule has 32 heavy (non-hydrogen) atoms. The summed E-state index contributed by atoms with van der Waals surface area (Å²) in [4.78, 5) is 50.0. The summed E-state index contributed by atoms with van der Waals surface area (Å²) in [6, 6.07) is 6.94. The Morgan fingerprint density at radius 3 is 2.53 bits per heavy atom. The molecule has 168 valence electrons. The van der Waals surface area contributed by atoms with Gasteiger partial charge in [0.1, 0.15) is 24.3 Å². The number of urea groups is 1. The normalized spacial score (nSPS) is 16.0. The number of aromatic nitrogens is 2. The standard InChI is InChI=1S/C21H24N6O5/c1-2-31-16(28)7-8-25-9-10-27(21(25)30)15-5-3-14(4-6-15)26-11-12-32-19-17(20(26)29)18(22)23-13-24-19/h3-6,13H,2,7-12H2,1H3,(H2,22,23,24). The van der Waals surface area contributed by atoms with E-state index < -0.39 is 0 Å². The van der Waals surface area contributed by atoms with E-state index in [1.54, 1.807) is 45.9 Å². The third kappa shape index (κ3) is 4.13. The lowest BCUT2D eigenvalue weighted by atomic mass is 10.2. The number of carbonyl (C=O) groups excluding carboxylic acids is 3. The molecule has 0 atom stereocenters. The van der Waals surface area contributed by atoms with Gasteiger partial charge in [-0.2, -0.15) is 0 Å². The largest absolute Gasteiger partial charge is 0.475 e. The van der Waals surface area contributed by atoms with Gasteiger partial charge in [0.2, 0.25) is 5.88 Å². The maximum absolute atomic E-state index is 13.0. The van der Waals surface area contributed by atoms with Crippen LogP contribution in [0.3, 0.4) is 0 Å². The van der Waals surface area contributed by atoms with Crippen molar-refractivity contribution in [1.29, 1.82) is 0 Å². The van der Waals surface area contributed by atoms with Crippen LogP contribution in [0.15, 0.2) is 30.6 Å². The average Bonchev–Trinajstić information content (AvgIpc) is 3.06. The maximum Gasteiger partial charge on any atom is 0.324 e. The Morgan fingerprint density at radius 1 is 1.09 bits per heavy atom. The zero-order chi connectivity index (χ0) is 22.7. The highest BCUT2D eigenvalue weighted by molar-refractivity contribution is 6.10. The van der Waals surface area contributed by atoms with E-state index in [0.717, 1.165) is 0 Å². The SMILES string of the molecule is CCOC(=O)CCN1CCN(c2ccc(N3CCOc4ncnc(N)c4C3=O)cc2)C1=O. The molecule has 0 spiro atoms. The second-order valence-electron chi connectivity index (χ2n) is 7.24. The van der Waals surface area contributed by atoms with E-state index >= 15 is 0 Å². The van der Waals surface area contributed by atoms with Crippen molar-refractivity contribution in [2.24, 2.45) is 0 Å². The number of amides is 3. The summed E-state index contributed by atoms with van der Waals surface area (Å²) < 4.78 is 10.5. The van der Waals surface area contributed by atoms with Crippen LogP contribution in [0.2, 0.25) is 0 Å². The number of hydrogen-bond acceptors (Lipinski definition) is 8. The molecule has 2 aliphatic heterocycles. The van der Waals surface area contributed by atoms with Crippen LogP contribution in [-0.4, -0.2) is 72.2 Å². The van der Waals surface area contributed by atoms with E-state index in [-0.39, 0.29) is 48.2 Å². The van der Waals surface area contributed by atoms with Crippen molar-refractivity contribution in [2.75, 3.05) is 54.9 Å². The Hall–Kier alpha value is -3.89. The van der Waals surface area contributed by atoms with E-state index in [1.807, 2.05) is 0 Å². The van der Waals surface area contributed by atoms with Gasteiger partial charge in [0.15, 0.2) is 0 Å². The number of anilines is 3. The lowest BCUT2D eigenvalue weighted by Crippen LogP contribution is -2.34. The summed E-state index contributed by atoms with van der Waals surface area (Å²) in [6.07, 6.45) is 1.43. The summed E-state index contributed by atoms with van der Waals surface area (Å²) >= 11 is 0. The van der Waals surface area contributed by atoms with Gasteiger partial charge < -0.3 is 25.0 Å². The fourth-order valence-corrected chi connectivity index (χ4v) is 3.71. The Bertz CT molecular complexity index is 1030. The number of rotatable bonds is 6. The van der Waals surface area contributed by atoms with E-state index in [1.165, 1.54) is 6.33 Å². The molecule has 11 heteroatoms. The van der Waals surface area contributed by atoms with Crippen LogP contribution in [-0.2, 0) is 9.53 Å². The Labute approximate surface area is 184 Å². The smallest absolute Gasteiger partial charge is 0.324 e. The van der Waals surface area contributed by atoms with Gasteiger partial charge in [-0.05, 0) is 31.2 Å². The van der Waals surface area contributed by atoms with Gasteiger partial charge in [-0.3, -0.25) is 14.5 Å². The number of nitrogens with zero attached hydrogens (tertiary/aromatic N) is 5. The predicted molar refractivity (Wildman–Crippen MR) is 116 cm³/mol. The molecule has 4 rings (SSSR count). The van der Waals surface area contributed by atoms with Crippen LogP contribution in [0.5, 0.6) is 5.88 Å². The summed E-state index contributed by atoms with van der Waals surface area (Å²) in [5, 5.41) is 0. The molecule has 1 fully saturated rings. The van der Waals surface area contributed by atoms with Crippen LogP contribution in [0, 0.1) is 0 Å². The zero-order valence-electron chi connectivity index (χ0n) is 17.7. The van der Waals surface area contributed by atoms with E-state index in [0.29, 0.717) is 44.2 Å². The van der Waals surface area contributed by atoms with Gasteiger partial charge in [-0.15, -0.1) is 0 Å². The lowest BCUT2D eigenvalue weighted by Gasteiger charge is -2.22. The molecule has 0 saturated carbocycles. The van der Waals surface area contributed by atoms with Gasteiger partial charge in [-0.25, -0.2) is 14.8 Å². The fourth-order valence-electron chi connectivity index (χ4n) is 3.71. The van der Waals surface area contributed by atoms with E-state index in [2.05, 4.69) is 9.97 Å². The fraction of sp³-hybridized carbons (Fsp3) is 0.381. The molecule has 0 aliphatic carbocycles. The number of nitrogen functional groups attached to an aromatic ring is 1. The first-order chi connectivity index (χ1) is 15.5. The molecule has 0 radical (unpaired) electrons. The number of carbonyl (C=O) groups is 3. The molecule has 2 aliphatic rings. The molecule has 2 aromatic rings. The second kappa shape index (κ2) is 9.08. The lowest BCUT2D eigenvalue weighted by molar-refractivity contribution is -0.143. The van der Waals surface area contributed by atoms with Crippen molar-refractivity contribution in [3.8, 4) is 5.88 Å². The molecule has 0 unspecified atom stereocenters. The minimum absolute atomic E-state index is 0.0640. The van der Waals surface area contributed by atoms with Gasteiger partial charge in [0.05, 0.1) is 19.6 Å². The Kier molecular flexibility index (Phi) is 6.06. The first kappa shape index (κ1) is 21.3. The van der Waals surface area contributed by atoms with E-state index in [4.69, 9.17) is 15.2 Å². The average molecular weight is 440 g/mol. The molecule has 1 aromatic carbocycles. The topological polar surface area (TPSA) is 131 Å². The summed E-state index contributed by atoms with van der Waals surface area (Å²) in [6.45, 7) is 4.00. The summed E-state index contributed by atoms with van der Waals surface area (Å²) in [5.41, 5.74) is 7.37. The summed E-state index contributed by atoms with van der Waals surface area (Å²) in [5.74, 6) is -0.422. The van der Waals surface area contributed by atoms with Crippen LogP contribution in [0.1, 0.15) is 23.7 Å². The Morgan fingerprint density at radius 2 is 1.81 bits per heavy atom. The maximum atomic E-state index is 13.0. The van der Waals surface area contributed by atoms with Crippen LogP contribution < -0.4 is 20.3 Å². The number of ether oxygens (including phenoxy) is 2. The molecular formula is C21H24N6O5. The molecule has 1 aromatic heterocycles. The van der Waals surface area contributed by atoms with Gasteiger partial charge >= 0.3 is 12.0 Å². The minimum atomic E-state index is -0.342. The number of hydrogen-bond donors (Lipinski definition) is 1. The molecule has 0 bridgehead atoms. The van der Waals surface area contributed by atoms with Gasteiger partial charge in [-0.1, -0.05) is 0 Å². The third-order valence-electron chi connectivity index (χ3n) is 5.31. The number of fused-ring (bicyclic) bond motifs is 1. The van der Waals surface area contributed by atoms with E-state index in [9.17, 15) is 14.4 Å². The quantitative estimate of drug-likeness (QED) is 0.665. The molecule has 11 nitrogen and oxygen atoms in total. The van der Waals surface area contributed by atoms with Crippen molar-refractivity contribution in [2.45, 2.75) is 13.3 Å². The number of nitrogens with two attached hydrogens (primary N) is 1. The van der Waals surface area contributed by atoms with Gasteiger partial charge in [0, 0.05) is 31.0 Å². The molecule has 3 amide bonds. The van der Waals surface area contributed by atoms with Crippen molar-refractivity contribution < 1.29 is 23.9 Å². The molecule has 3 heterocycles. The van der Waals surface area contributed by atoms with Crippen LogP contribution in [0.25, 0.3) is 0 Å². The van der Waals surface area contributed by atoms with Crippen molar-refractivity contribution in [1.82, 2.24) is 14.9 Å². The minimum Gasteiger partial charge on any atom is -0.475 e. The molecule has 2 N–H and O–H groups in total. The highest BCUT2D eigenvalue weighted by Crippen LogP contribution is 2.29. The zero-order valence-corrected chi connectivity index (χ0v) is 17.7. The second-order valence-corrected chi connectivity index (χ2v) is 7.24. The first-order valence-corrected chi connectivity index (χ1v) is 10.4. The van der Waals surface area contributed by atoms with Crippen molar-refractivity contribution >= 4 is 35.1 Å². The highest BCUT2D eigenvalue weighted by Gasteiger charge is 2.31. The third-order valence-corrected chi connectivity index (χ3v) is 5.31. The summed E-state index contributed by atoms with van der Waals surface area (Å²) in [7, 11) is 0.